The summed E-state index contributed by atoms with van der Waals surface area (Å²) in [5, 5.41) is 7.04. The molecule has 0 saturated heterocycles. The fourth-order valence-electron chi connectivity index (χ4n) is 2.74. The third-order valence-electron chi connectivity index (χ3n) is 4.14. The maximum atomic E-state index is 12.4. The highest BCUT2D eigenvalue weighted by Crippen LogP contribution is 2.19. The van der Waals surface area contributed by atoms with Gasteiger partial charge in [-0.2, -0.15) is 9.50 Å². The number of nitrogens with zero attached hydrogens (tertiary/aromatic N) is 4. The minimum atomic E-state index is -0.297. The Labute approximate surface area is 155 Å². The standard InChI is InChI=1S/C20H17N5O2/c1-13-12-17(14-6-4-3-5-7-14)21-20-23-19(24-25(13)20)22-18(26)15-8-10-16(27-2)11-9-15/h3-12H,1-2H3,(H,22,24,26). The lowest BCUT2D eigenvalue weighted by Crippen LogP contribution is -2.13. The number of aromatic nitrogens is 4. The van der Waals surface area contributed by atoms with Crippen molar-refractivity contribution in [2.45, 2.75) is 6.92 Å². The van der Waals surface area contributed by atoms with E-state index in [1.165, 1.54) is 0 Å². The zero-order valence-electron chi connectivity index (χ0n) is 14.9. The number of carbonyl (C=O) groups excluding carboxylic acids is 1. The summed E-state index contributed by atoms with van der Waals surface area (Å²) >= 11 is 0. The SMILES string of the molecule is COc1ccc(C(=O)Nc2nc3nc(-c4ccccc4)cc(C)n3n2)cc1. The first-order valence-corrected chi connectivity index (χ1v) is 8.39. The molecule has 0 aliphatic rings. The van der Waals surface area contributed by atoms with Gasteiger partial charge in [-0.1, -0.05) is 30.3 Å². The number of benzene rings is 2. The summed E-state index contributed by atoms with van der Waals surface area (Å²) in [6.07, 6.45) is 0. The molecule has 0 aliphatic carbocycles. The van der Waals surface area contributed by atoms with Crippen LogP contribution >= 0.6 is 0 Å². The second-order valence-corrected chi connectivity index (χ2v) is 5.98. The highest BCUT2D eigenvalue weighted by atomic mass is 16.5. The minimum Gasteiger partial charge on any atom is -0.497 e. The normalized spacial score (nSPS) is 10.7. The van der Waals surface area contributed by atoms with Crippen molar-refractivity contribution >= 4 is 17.6 Å². The van der Waals surface area contributed by atoms with Crippen LogP contribution < -0.4 is 10.1 Å². The Morgan fingerprint density at radius 1 is 1.04 bits per heavy atom. The molecule has 134 valence electrons. The maximum absolute atomic E-state index is 12.4. The van der Waals surface area contributed by atoms with Crippen molar-refractivity contribution in [3.8, 4) is 17.0 Å². The molecule has 2 aromatic heterocycles. The summed E-state index contributed by atoms with van der Waals surface area (Å²) in [7, 11) is 1.58. The summed E-state index contributed by atoms with van der Waals surface area (Å²) in [6.45, 7) is 1.92. The fourth-order valence-corrected chi connectivity index (χ4v) is 2.74. The van der Waals surface area contributed by atoms with Crippen LogP contribution in [0.25, 0.3) is 17.0 Å². The van der Waals surface area contributed by atoms with Gasteiger partial charge < -0.3 is 4.74 Å². The van der Waals surface area contributed by atoms with Crippen molar-refractivity contribution in [3.63, 3.8) is 0 Å². The molecule has 7 nitrogen and oxygen atoms in total. The molecule has 0 aliphatic heterocycles. The second-order valence-electron chi connectivity index (χ2n) is 5.98. The molecular formula is C20H17N5O2. The zero-order valence-corrected chi connectivity index (χ0v) is 14.9. The molecule has 0 saturated carbocycles. The fraction of sp³-hybridized carbons (Fsp3) is 0.100. The number of hydrogen-bond acceptors (Lipinski definition) is 5. The Bertz CT molecular complexity index is 1100. The predicted octanol–water partition coefficient (Wildman–Crippen LogP) is 3.36. The van der Waals surface area contributed by atoms with E-state index in [-0.39, 0.29) is 11.9 Å². The van der Waals surface area contributed by atoms with Gasteiger partial charge >= 0.3 is 0 Å². The summed E-state index contributed by atoms with van der Waals surface area (Å²) in [6, 6.07) is 18.6. The van der Waals surface area contributed by atoms with Gasteiger partial charge in [-0.3, -0.25) is 10.1 Å². The molecule has 0 fully saturated rings. The number of aryl methyl sites for hydroxylation is 1. The smallest absolute Gasteiger partial charge is 0.258 e. The van der Waals surface area contributed by atoms with Gasteiger partial charge in [0.15, 0.2) is 0 Å². The number of anilines is 1. The van der Waals surface area contributed by atoms with Crippen molar-refractivity contribution in [1.82, 2.24) is 19.6 Å². The Balaban J connectivity index is 1.63. The quantitative estimate of drug-likeness (QED) is 0.604. The molecule has 4 rings (SSSR count). The molecule has 7 heteroatoms. The van der Waals surface area contributed by atoms with Crippen LogP contribution in [-0.4, -0.2) is 32.6 Å². The van der Waals surface area contributed by atoms with E-state index in [2.05, 4.69) is 20.4 Å². The van der Waals surface area contributed by atoms with Crippen LogP contribution in [0, 0.1) is 6.92 Å². The van der Waals surface area contributed by atoms with Crippen LogP contribution in [0.2, 0.25) is 0 Å². The van der Waals surface area contributed by atoms with Crippen LogP contribution in [-0.2, 0) is 0 Å². The van der Waals surface area contributed by atoms with E-state index in [0.717, 1.165) is 17.0 Å². The predicted molar refractivity (Wildman–Crippen MR) is 102 cm³/mol. The van der Waals surface area contributed by atoms with E-state index in [9.17, 15) is 4.79 Å². The lowest BCUT2D eigenvalue weighted by atomic mass is 10.1. The molecule has 1 N–H and O–H groups in total. The van der Waals surface area contributed by atoms with E-state index in [1.54, 1.807) is 35.9 Å². The van der Waals surface area contributed by atoms with Crippen molar-refractivity contribution in [1.29, 1.82) is 0 Å². The topological polar surface area (TPSA) is 81.4 Å². The lowest BCUT2D eigenvalue weighted by molar-refractivity contribution is 0.102. The van der Waals surface area contributed by atoms with Gasteiger partial charge in [0.2, 0.25) is 0 Å². The van der Waals surface area contributed by atoms with Gasteiger partial charge in [-0.25, -0.2) is 4.98 Å². The number of hydrogen-bond donors (Lipinski definition) is 1. The third kappa shape index (κ3) is 3.35. The summed E-state index contributed by atoms with van der Waals surface area (Å²) < 4.78 is 6.71. The largest absolute Gasteiger partial charge is 0.497 e. The number of fused-ring (bicyclic) bond motifs is 1. The molecule has 0 atom stereocenters. The van der Waals surface area contributed by atoms with E-state index < -0.39 is 0 Å². The zero-order chi connectivity index (χ0) is 18.8. The molecule has 0 bridgehead atoms. The Morgan fingerprint density at radius 3 is 2.48 bits per heavy atom. The van der Waals surface area contributed by atoms with Crippen molar-refractivity contribution < 1.29 is 9.53 Å². The molecule has 4 aromatic rings. The minimum absolute atomic E-state index is 0.205. The highest BCUT2D eigenvalue weighted by molar-refractivity contribution is 6.03. The van der Waals surface area contributed by atoms with E-state index >= 15 is 0 Å². The van der Waals surface area contributed by atoms with Crippen molar-refractivity contribution in [2.24, 2.45) is 0 Å². The molecule has 2 heterocycles. The first-order chi connectivity index (χ1) is 13.1. The molecule has 1 amide bonds. The van der Waals surface area contributed by atoms with Gasteiger partial charge in [-0.15, -0.1) is 5.10 Å². The third-order valence-corrected chi connectivity index (χ3v) is 4.14. The maximum Gasteiger partial charge on any atom is 0.258 e. The summed E-state index contributed by atoms with van der Waals surface area (Å²) in [4.78, 5) is 21.3. The number of nitrogens with one attached hydrogen (secondary N) is 1. The Hall–Kier alpha value is -3.74. The van der Waals surface area contributed by atoms with Crippen LogP contribution in [0.15, 0.2) is 60.7 Å². The van der Waals surface area contributed by atoms with Crippen molar-refractivity contribution in [2.75, 3.05) is 12.4 Å². The Kier molecular flexibility index (Phi) is 4.25. The highest BCUT2D eigenvalue weighted by Gasteiger charge is 2.13. The average Bonchev–Trinajstić information content (AvgIpc) is 3.11. The average molecular weight is 359 g/mol. The lowest BCUT2D eigenvalue weighted by Gasteiger charge is -2.03. The molecule has 0 radical (unpaired) electrons. The number of ether oxygens (including phenoxy) is 1. The number of methoxy groups -OCH3 is 1. The number of rotatable bonds is 4. The summed E-state index contributed by atoms with van der Waals surface area (Å²) in [5.41, 5.74) is 3.16. The number of amides is 1. The molecule has 0 spiro atoms. The van der Waals surface area contributed by atoms with Crippen LogP contribution in [0.1, 0.15) is 16.1 Å². The van der Waals surface area contributed by atoms with Crippen molar-refractivity contribution in [3.05, 3.63) is 71.9 Å². The van der Waals surface area contributed by atoms with Gasteiger partial charge in [0, 0.05) is 16.8 Å². The Morgan fingerprint density at radius 2 is 1.78 bits per heavy atom. The monoisotopic (exact) mass is 359 g/mol. The molecule has 27 heavy (non-hydrogen) atoms. The van der Waals surface area contributed by atoms with Crippen LogP contribution in [0.5, 0.6) is 5.75 Å². The van der Waals surface area contributed by atoms with E-state index in [0.29, 0.717) is 17.1 Å². The van der Waals surface area contributed by atoms with E-state index in [4.69, 9.17) is 4.74 Å². The molecule has 2 aromatic carbocycles. The molecule has 0 unspecified atom stereocenters. The number of carbonyl (C=O) groups is 1. The first kappa shape index (κ1) is 16.7. The van der Waals surface area contributed by atoms with Crippen LogP contribution in [0.4, 0.5) is 5.95 Å². The van der Waals surface area contributed by atoms with Gasteiger partial charge in [0.25, 0.3) is 17.6 Å². The molecular weight excluding hydrogens is 342 g/mol. The second kappa shape index (κ2) is 6.87. The first-order valence-electron chi connectivity index (χ1n) is 8.39. The van der Waals surface area contributed by atoms with Crippen LogP contribution in [0.3, 0.4) is 0 Å². The summed E-state index contributed by atoms with van der Waals surface area (Å²) in [5.74, 6) is 1.02. The van der Waals surface area contributed by atoms with Gasteiger partial charge in [0.05, 0.1) is 12.8 Å². The van der Waals surface area contributed by atoms with Gasteiger partial charge in [0.1, 0.15) is 5.75 Å². The van der Waals surface area contributed by atoms with Gasteiger partial charge in [-0.05, 0) is 37.3 Å². The van der Waals surface area contributed by atoms with E-state index in [1.807, 2.05) is 43.3 Å².